The van der Waals surface area contributed by atoms with Gasteiger partial charge in [-0.3, -0.25) is 4.90 Å². The van der Waals surface area contributed by atoms with Crippen LogP contribution >= 0.6 is 12.4 Å². The summed E-state index contributed by atoms with van der Waals surface area (Å²) < 4.78 is 6.22. The van der Waals surface area contributed by atoms with Crippen LogP contribution in [0, 0.1) is 5.92 Å². The minimum Gasteiger partial charge on any atom is -0.487 e. The first kappa shape index (κ1) is 18.0. The van der Waals surface area contributed by atoms with E-state index < -0.39 is 0 Å². The predicted octanol–water partition coefficient (Wildman–Crippen LogP) is 3.79. The molecule has 3 nitrogen and oxygen atoms in total. The molecule has 4 heteroatoms. The average Bonchev–Trinajstić information content (AvgIpc) is 3.28. The number of halogens is 1. The lowest BCUT2D eigenvalue weighted by Gasteiger charge is -2.33. The molecule has 0 radical (unpaired) electrons. The summed E-state index contributed by atoms with van der Waals surface area (Å²) in [4.78, 5) is 2.60. The molecule has 0 atom stereocenters. The van der Waals surface area contributed by atoms with Gasteiger partial charge in [0.25, 0.3) is 0 Å². The third-order valence-corrected chi connectivity index (χ3v) is 5.55. The Balaban J connectivity index is 0.00000169. The van der Waals surface area contributed by atoms with Gasteiger partial charge in [-0.05, 0) is 70.6 Å². The van der Waals surface area contributed by atoms with Crippen molar-refractivity contribution in [3.05, 3.63) is 29.3 Å². The van der Waals surface area contributed by atoms with Gasteiger partial charge in [0.2, 0.25) is 0 Å². The van der Waals surface area contributed by atoms with Crippen LogP contribution in [0.4, 0.5) is 0 Å². The molecule has 0 unspecified atom stereocenters. The van der Waals surface area contributed by atoms with Crippen LogP contribution in [0.2, 0.25) is 0 Å². The van der Waals surface area contributed by atoms with Gasteiger partial charge in [-0.15, -0.1) is 12.4 Å². The number of hydrogen-bond acceptors (Lipinski definition) is 3. The van der Waals surface area contributed by atoms with Crippen molar-refractivity contribution in [3.63, 3.8) is 0 Å². The summed E-state index contributed by atoms with van der Waals surface area (Å²) in [7, 11) is 0. The highest BCUT2D eigenvalue weighted by molar-refractivity contribution is 5.85. The SMILES string of the molecule is CC1(C)Cc2cccc(CN3CCC(NCC4CC4)CC3)c2O1.Cl. The lowest BCUT2D eigenvalue weighted by atomic mass is 9.99. The van der Waals surface area contributed by atoms with E-state index in [2.05, 4.69) is 42.3 Å². The van der Waals surface area contributed by atoms with Crippen LogP contribution in [0.1, 0.15) is 50.7 Å². The maximum absolute atomic E-state index is 6.22. The number of piperidine rings is 1. The number of nitrogens with zero attached hydrogens (tertiary/aromatic N) is 1. The topological polar surface area (TPSA) is 24.5 Å². The van der Waals surface area contributed by atoms with Crippen LogP contribution in [-0.4, -0.2) is 36.2 Å². The van der Waals surface area contributed by atoms with Gasteiger partial charge in [-0.2, -0.15) is 0 Å². The maximum Gasteiger partial charge on any atom is 0.127 e. The highest BCUT2D eigenvalue weighted by atomic mass is 35.5. The van der Waals surface area contributed by atoms with Crippen LogP contribution in [0.25, 0.3) is 0 Å². The second-order valence-corrected chi connectivity index (χ2v) is 8.35. The first-order valence-corrected chi connectivity index (χ1v) is 9.35. The normalized spacial score (nSPS) is 23.4. The number of likely N-dealkylation sites (tertiary alicyclic amines) is 1. The number of hydrogen-bond donors (Lipinski definition) is 1. The van der Waals surface area contributed by atoms with E-state index in [1.807, 2.05) is 0 Å². The quantitative estimate of drug-likeness (QED) is 0.874. The van der Waals surface area contributed by atoms with Crippen molar-refractivity contribution in [3.8, 4) is 5.75 Å². The van der Waals surface area contributed by atoms with Gasteiger partial charge < -0.3 is 10.1 Å². The Morgan fingerprint density at radius 3 is 2.62 bits per heavy atom. The zero-order chi connectivity index (χ0) is 15.9. The average molecular weight is 351 g/mol. The van der Waals surface area contributed by atoms with Crippen molar-refractivity contribution < 1.29 is 4.74 Å². The Morgan fingerprint density at radius 2 is 1.92 bits per heavy atom. The first-order valence-electron chi connectivity index (χ1n) is 9.35. The van der Waals surface area contributed by atoms with Gasteiger partial charge in [-0.1, -0.05) is 18.2 Å². The fourth-order valence-electron chi connectivity index (χ4n) is 4.00. The molecule has 1 N–H and O–H groups in total. The molecule has 1 aliphatic carbocycles. The molecule has 4 rings (SSSR count). The summed E-state index contributed by atoms with van der Waals surface area (Å²) in [5.74, 6) is 2.15. The Labute approximate surface area is 152 Å². The molecule has 0 spiro atoms. The summed E-state index contributed by atoms with van der Waals surface area (Å²) in [5, 5.41) is 3.77. The Morgan fingerprint density at radius 1 is 1.17 bits per heavy atom. The summed E-state index contributed by atoms with van der Waals surface area (Å²) in [6, 6.07) is 7.41. The number of ether oxygens (including phenoxy) is 1. The number of nitrogens with one attached hydrogen (secondary N) is 1. The van der Waals surface area contributed by atoms with E-state index in [1.165, 1.54) is 56.4 Å². The molecule has 0 amide bonds. The van der Waals surface area contributed by atoms with Gasteiger partial charge in [0, 0.05) is 24.6 Å². The van der Waals surface area contributed by atoms with Crippen molar-refractivity contribution in [2.45, 2.75) is 64.1 Å². The molecule has 1 aromatic rings. The van der Waals surface area contributed by atoms with Crippen LogP contribution < -0.4 is 10.1 Å². The van der Waals surface area contributed by atoms with E-state index in [0.717, 1.165) is 30.7 Å². The van der Waals surface area contributed by atoms with Crippen molar-refractivity contribution in [2.24, 2.45) is 5.92 Å². The molecule has 0 aromatic heterocycles. The minimum absolute atomic E-state index is 0. The summed E-state index contributed by atoms with van der Waals surface area (Å²) in [6.07, 6.45) is 6.49. The minimum atomic E-state index is -0.0435. The van der Waals surface area contributed by atoms with Gasteiger partial charge in [0.1, 0.15) is 11.4 Å². The molecular formula is C20H31ClN2O. The molecule has 24 heavy (non-hydrogen) atoms. The second-order valence-electron chi connectivity index (χ2n) is 8.35. The van der Waals surface area contributed by atoms with Crippen LogP contribution in [0.5, 0.6) is 5.75 Å². The molecule has 1 saturated heterocycles. The number of fused-ring (bicyclic) bond motifs is 1. The molecular weight excluding hydrogens is 320 g/mol. The lowest BCUT2D eigenvalue weighted by molar-refractivity contribution is 0.133. The van der Waals surface area contributed by atoms with Crippen LogP contribution in [0.3, 0.4) is 0 Å². The van der Waals surface area contributed by atoms with Crippen molar-refractivity contribution in [1.29, 1.82) is 0 Å². The van der Waals surface area contributed by atoms with Crippen molar-refractivity contribution in [2.75, 3.05) is 19.6 Å². The van der Waals surface area contributed by atoms with Crippen LogP contribution in [0.15, 0.2) is 18.2 Å². The molecule has 2 aliphatic heterocycles. The van der Waals surface area contributed by atoms with E-state index in [1.54, 1.807) is 0 Å². The summed E-state index contributed by atoms with van der Waals surface area (Å²) in [6.45, 7) is 9.07. The van der Waals surface area contributed by atoms with E-state index in [-0.39, 0.29) is 18.0 Å². The summed E-state index contributed by atoms with van der Waals surface area (Å²) >= 11 is 0. The number of para-hydroxylation sites is 1. The fraction of sp³-hybridized carbons (Fsp3) is 0.700. The zero-order valence-electron chi connectivity index (χ0n) is 15.0. The third-order valence-electron chi connectivity index (χ3n) is 5.55. The molecule has 2 heterocycles. The Bertz CT molecular complexity index is 563. The molecule has 3 aliphatic rings. The third kappa shape index (κ3) is 4.25. The van der Waals surface area contributed by atoms with E-state index >= 15 is 0 Å². The fourth-order valence-corrected chi connectivity index (χ4v) is 4.00. The molecule has 0 bridgehead atoms. The number of rotatable bonds is 5. The largest absolute Gasteiger partial charge is 0.487 e. The maximum atomic E-state index is 6.22. The van der Waals surface area contributed by atoms with Gasteiger partial charge in [0.05, 0.1) is 0 Å². The number of benzene rings is 1. The monoisotopic (exact) mass is 350 g/mol. The summed E-state index contributed by atoms with van der Waals surface area (Å²) in [5.41, 5.74) is 2.71. The molecule has 1 aromatic carbocycles. The van der Waals surface area contributed by atoms with E-state index in [9.17, 15) is 0 Å². The van der Waals surface area contributed by atoms with Gasteiger partial charge >= 0.3 is 0 Å². The molecule has 2 fully saturated rings. The zero-order valence-corrected chi connectivity index (χ0v) is 15.8. The van der Waals surface area contributed by atoms with Gasteiger partial charge in [0.15, 0.2) is 0 Å². The molecule has 1 saturated carbocycles. The standard InChI is InChI=1S/C20H30N2O.ClH/c1-20(2)12-16-4-3-5-17(19(16)23-20)14-22-10-8-18(9-11-22)21-13-15-6-7-15;/h3-5,15,18,21H,6-14H2,1-2H3;1H. The molecule has 134 valence electrons. The Kier molecular flexibility index (Phi) is 5.43. The second kappa shape index (κ2) is 7.23. The lowest BCUT2D eigenvalue weighted by Crippen LogP contribution is -2.42. The first-order chi connectivity index (χ1) is 11.1. The van der Waals surface area contributed by atoms with Crippen molar-refractivity contribution >= 4 is 12.4 Å². The van der Waals surface area contributed by atoms with E-state index in [4.69, 9.17) is 4.74 Å². The van der Waals surface area contributed by atoms with E-state index in [0.29, 0.717) is 0 Å². The highest BCUT2D eigenvalue weighted by Crippen LogP contribution is 2.38. The predicted molar refractivity (Wildman–Crippen MR) is 101 cm³/mol. The van der Waals surface area contributed by atoms with Crippen LogP contribution in [-0.2, 0) is 13.0 Å². The smallest absolute Gasteiger partial charge is 0.127 e. The Hall–Kier alpha value is -0.770. The highest BCUT2D eigenvalue weighted by Gasteiger charge is 2.32. The van der Waals surface area contributed by atoms with Gasteiger partial charge in [-0.25, -0.2) is 0 Å². The van der Waals surface area contributed by atoms with Crippen molar-refractivity contribution in [1.82, 2.24) is 10.2 Å².